The van der Waals surface area contributed by atoms with E-state index in [4.69, 9.17) is 4.74 Å². The molecule has 0 N–H and O–H groups in total. The molecule has 2 rings (SSSR count). The second-order valence-corrected chi connectivity index (χ2v) is 4.37. The fraction of sp³-hybridized carbons (Fsp3) is 0.158. The SMILES string of the molecule is C=CCCO[C@@H](C#Cc1ccccc1)c1ccccc1. The Bertz CT molecular complexity index is 575. The first-order valence-electron chi connectivity index (χ1n) is 6.74. The normalized spacial score (nSPS) is 11.2. The van der Waals surface area contributed by atoms with Crippen molar-refractivity contribution in [1.29, 1.82) is 0 Å². The molecule has 0 aliphatic carbocycles. The van der Waals surface area contributed by atoms with Crippen LogP contribution in [0.3, 0.4) is 0 Å². The van der Waals surface area contributed by atoms with E-state index >= 15 is 0 Å². The molecular formula is C19H18O. The molecule has 100 valence electrons. The molecule has 0 bridgehead atoms. The van der Waals surface area contributed by atoms with Gasteiger partial charge >= 0.3 is 0 Å². The van der Waals surface area contributed by atoms with Crippen molar-refractivity contribution in [1.82, 2.24) is 0 Å². The smallest absolute Gasteiger partial charge is 0.143 e. The highest BCUT2D eigenvalue weighted by Crippen LogP contribution is 2.16. The first-order valence-corrected chi connectivity index (χ1v) is 6.74. The zero-order chi connectivity index (χ0) is 14.0. The quantitative estimate of drug-likeness (QED) is 0.441. The van der Waals surface area contributed by atoms with Gasteiger partial charge in [0.05, 0.1) is 6.61 Å². The predicted molar refractivity (Wildman–Crippen MR) is 83.3 cm³/mol. The lowest BCUT2D eigenvalue weighted by Crippen LogP contribution is -2.03. The van der Waals surface area contributed by atoms with Crippen molar-refractivity contribution in [3.05, 3.63) is 84.4 Å². The van der Waals surface area contributed by atoms with Gasteiger partial charge in [-0.1, -0.05) is 66.4 Å². The minimum Gasteiger partial charge on any atom is -0.360 e. The van der Waals surface area contributed by atoms with Crippen LogP contribution in [0.1, 0.15) is 23.7 Å². The first-order chi connectivity index (χ1) is 9.90. The van der Waals surface area contributed by atoms with E-state index in [2.05, 4.69) is 18.4 Å². The summed E-state index contributed by atoms with van der Waals surface area (Å²) in [6, 6.07) is 20.0. The summed E-state index contributed by atoms with van der Waals surface area (Å²) in [4.78, 5) is 0. The van der Waals surface area contributed by atoms with E-state index < -0.39 is 0 Å². The van der Waals surface area contributed by atoms with E-state index in [0.29, 0.717) is 6.61 Å². The topological polar surface area (TPSA) is 9.23 Å². The highest BCUT2D eigenvalue weighted by molar-refractivity contribution is 5.36. The van der Waals surface area contributed by atoms with Gasteiger partial charge in [0.2, 0.25) is 0 Å². The van der Waals surface area contributed by atoms with Crippen molar-refractivity contribution in [2.45, 2.75) is 12.5 Å². The lowest BCUT2D eigenvalue weighted by atomic mass is 10.1. The molecule has 0 unspecified atom stereocenters. The van der Waals surface area contributed by atoms with E-state index in [9.17, 15) is 0 Å². The molecular weight excluding hydrogens is 244 g/mol. The predicted octanol–water partition coefficient (Wildman–Crippen LogP) is 4.37. The molecule has 2 aromatic rings. The molecule has 20 heavy (non-hydrogen) atoms. The number of benzene rings is 2. The Kier molecular flexibility index (Phi) is 5.64. The summed E-state index contributed by atoms with van der Waals surface area (Å²) in [5, 5.41) is 0. The highest BCUT2D eigenvalue weighted by atomic mass is 16.5. The maximum absolute atomic E-state index is 5.85. The van der Waals surface area contributed by atoms with Gasteiger partial charge in [-0.25, -0.2) is 0 Å². The average molecular weight is 262 g/mol. The van der Waals surface area contributed by atoms with E-state index in [0.717, 1.165) is 17.5 Å². The monoisotopic (exact) mass is 262 g/mol. The minimum atomic E-state index is -0.198. The van der Waals surface area contributed by atoms with Crippen LogP contribution in [0.15, 0.2) is 73.3 Å². The van der Waals surface area contributed by atoms with Crippen LogP contribution < -0.4 is 0 Å². The largest absolute Gasteiger partial charge is 0.360 e. The van der Waals surface area contributed by atoms with E-state index in [1.165, 1.54) is 0 Å². The Labute approximate surface area is 120 Å². The van der Waals surface area contributed by atoms with Gasteiger partial charge < -0.3 is 4.74 Å². The Morgan fingerprint density at radius 2 is 1.65 bits per heavy atom. The number of rotatable bonds is 5. The Balaban J connectivity index is 2.15. The molecule has 0 spiro atoms. The average Bonchev–Trinajstić information content (AvgIpc) is 2.52. The van der Waals surface area contributed by atoms with Crippen molar-refractivity contribution in [3.8, 4) is 11.8 Å². The van der Waals surface area contributed by atoms with Crippen LogP contribution in [0.2, 0.25) is 0 Å². The Morgan fingerprint density at radius 3 is 2.30 bits per heavy atom. The van der Waals surface area contributed by atoms with Gasteiger partial charge in [0.25, 0.3) is 0 Å². The molecule has 0 radical (unpaired) electrons. The molecule has 0 aliphatic rings. The second-order valence-electron chi connectivity index (χ2n) is 4.37. The molecule has 0 amide bonds. The van der Waals surface area contributed by atoms with Crippen molar-refractivity contribution < 1.29 is 4.74 Å². The van der Waals surface area contributed by atoms with Crippen LogP contribution >= 0.6 is 0 Å². The Morgan fingerprint density at radius 1 is 1.00 bits per heavy atom. The third-order valence-electron chi connectivity index (χ3n) is 2.83. The third-order valence-corrected chi connectivity index (χ3v) is 2.83. The molecule has 2 aromatic carbocycles. The van der Waals surface area contributed by atoms with Gasteiger partial charge in [-0.05, 0) is 24.1 Å². The summed E-state index contributed by atoms with van der Waals surface area (Å²) in [6.07, 6.45) is 2.49. The summed E-state index contributed by atoms with van der Waals surface area (Å²) >= 11 is 0. The van der Waals surface area contributed by atoms with Crippen LogP contribution in [0.5, 0.6) is 0 Å². The van der Waals surface area contributed by atoms with Gasteiger partial charge in [-0.2, -0.15) is 0 Å². The van der Waals surface area contributed by atoms with Crippen LogP contribution in [-0.2, 0) is 4.74 Å². The maximum Gasteiger partial charge on any atom is 0.143 e. The number of hydrogen-bond acceptors (Lipinski definition) is 1. The molecule has 0 aromatic heterocycles. The molecule has 0 heterocycles. The van der Waals surface area contributed by atoms with Gasteiger partial charge in [-0.15, -0.1) is 6.58 Å². The molecule has 0 fully saturated rings. The molecule has 1 nitrogen and oxygen atoms in total. The minimum absolute atomic E-state index is 0.198. The summed E-state index contributed by atoms with van der Waals surface area (Å²) in [5.74, 6) is 6.37. The van der Waals surface area contributed by atoms with Crippen molar-refractivity contribution in [3.63, 3.8) is 0 Å². The zero-order valence-electron chi connectivity index (χ0n) is 11.5. The fourth-order valence-corrected chi connectivity index (χ4v) is 1.79. The van der Waals surface area contributed by atoms with Crippen molar-refractivity contribution in [2.24, 2.45) is 0 Å². The lowest BCUT2D eigenvalue weighted by Gasteiger charge is -2.11. The van der Waals surface area contributed by atoms with E-state index in [-0.39, 0.29) is 6.10 Å². The van der Waals surface area contributed by atoms with Gasteiger partial charge in [0, 0.05) is 5.56 Å². The van der Waals surface area contributed by atoms with Crippen LogP contribution in [0.25, 0.3) is 0 Å². The van der Waals surface area contributed by atoms with Crippen LogP contribution in [0, 0.1) is 11.8 Å². The van der Waals surface area contributed by atoms with Gasteiger partial charge in [0.15, 0.2) is 0 Å². The molecule has 0 aliphatic heterocycles. The standard InChI is InChI=1S/C19H18O/c1-2-3-16-20-19(18-12-8-5-9-13-18)15-14-17-10-6-4-7-11-17/h2,4-13,19H,1,3,16H2/t19-/m0/s1. The summed E-state index contributed by atoms with van der Waals surface area (Å²) < 4.78 is 5.85. The van der Waals surface area contributed by atoms with Crippen molar-refractivity contribution in [2.75, 3.05) is 6.61 Å². The second kappa shape index (κ2) is 7.99. The number of ether oxygens (including phenoxy) is 1. The van der Waals surface area contributed by atoms with Crippen molar-refractivity contribution >= 4 is 0 Å². The van der Waals surface area contributed by atoms with Crippen LogP contribution in [-0.4, -0.2) is 6.61 Å². The fourth-order valence-electron chi connectivity index (χ4n) is 1.79. The molecule has 0 saturated carbocycles. The highest BCUT2D eigenvalue weighted by Gasteiger charge is 2.07. The summed E-state index contributed by atoms with van der Waals surface area (Å²) in [5.41, 5.74) is 2.08. The van der Waals surface area contributed by atoms with E-state index in [1.54, 1.807) is 0 Å². The Hall–Kier alpha value is -2.30. The van der Waals surface area contributed by atoms with Gasteiger partial charge in [-0.3, -0.25) is 0 Å². The summed E-state index contributed by atoms with van der Waals surface area (Å²) in [6.45, 7) is 4.34. The van der Waals surface area contributed by atoms with E-state index in [1.807, 2.05) is 66.7 Å². The first kappa shape index (κ1) is 14.1. The lowest BCUT2D eigenvalue weighted by molar-refractivity contribution is 0.0956. The molecule has 0 saturated heterocycles. The molecule has 1 atom stereocenters. The third kappa shape index (κ3) is 4.42. The van der Waals surface area contributed by atoms with Crippen LogP contribution in [0.4, 0.5) is 0 Å². The molecule has 1 heteroatoms. The number of hydrogen-bond donors (Lipinski definition) is 0. The zero-order valence-corrected chi connectivity index (χ0v) is 11.5. The summed E-state index contributed by atoms with van der Waals surface area (Å²) in [7, 11) is 0. The van der Waals surface area contributed by atoms with Gasteiger partial charge in [0.1, 0.15) is 6.10 Å². The maximum atomic E-state index is 5.85.